The fourth-order valence-electron chi connectivity index (χ4n) is 3.19. The summed E-state index contributed by atoms with van der Waals surface area (Å²) in [5, 5.41) is 19.2. The van der Waals surface area contributed by atoms with E-state index in [4.69, 9.17) is 0 Å². The molecule has 1 aliphatic rings. The summed E-state index contributed by atoms with van der Waals surface area (Å²) >= 11 is 0. The van der Waals surface area contributed by atoms with Gasteiger partial charge in [-0.25, -0.2) is 8.78 Å². The van der Waals surface area contributed by atoms with Gasteiger partial charge in [0.2, 0.25) is 0 Å². The third-order valence-electron chi connectivity index (χ3n) is 4.38. The van der Waals surface area contributed by atoms with E-state index in [0.717, 1.165) is 12.6 Å². The number of pyridine rings is 1. The lowest BCUT2D eigenvalue weighted by Crippen LogP contribution is -2.25. The molecule has 3 rings (SSSR count). The number of hydrogen-bond donors (Lipinski definition) is 0. The molecule has 114 valence electrons. The van der Waals surface area contributed by atoms with E-state index in [1.807, 2.05) is 6.07 Å². The first kappa shape index (κ1) is 15.1. The van der Waals surface area contributed by atoms with Crippen LogP contribution in [-0.4, -0.2) is 4.98 Å². The van der Waals surface area contributed by atoms with E-state index < -0.39 is 11.3 Å². The van der Waals surface area contributed by atoms with Crippen LogP contribution in [0.5, 0.6) is 0 Å². The maximum absolute atomic E-state index is 13.7. The van der Waals surface area contributed by atoms with Crippen molar-refractivity contribution in [3.8, 4) is 12.1 Å². The molecule has 0 N–H and O–H groups in total. The Kier molecular flexibility index (Phi) is 3.38. The van der Waals surface area contributed by atoms with Crippen molar-refractivity contribution in [2.75, 3.05) is 0 Å². The van der Waals surface area contributed by atoms with Crippen LogP contribution in [0.15, 0.2) is 36.5 Å². The first-order valence-corrected chi connectivity index (χ1v) is 7.21. The molecule has 0 fully saturated rings. The molecule has 1 aliphatic carbocycles. The number of alkyl halides is 2. The molecule has 0 aliphatic heterocycles. The molecule has 0 radical (unpaired) electrons. The molecule has 0 spiro atoms. The summed E-state index contributed by atoms with van der Waals surface area (Å²) in [6.07, 6.45) is 2.67. The van der Waals surface area contributed by atoms with E-state index in [0.29, 0.717) is 24.0 Å². The fraction of sp³-hybridized carbons (Fsp3) is 0.278. The van der Waals surface area contributed by atoms with E-state index in [1.165, 1.54) is 18.2 Å². The van der Waals surface area contributed by atoms with Gasteiger partial charge in [-0.3, -0.25) is 4.98 Å². The number of rotatable bonds is 2. The molecule has 0 saturated carbocycles. The Morgan fingerprint density at radius 3 is 2.65 bits per heavy atom. The molecule has 1 unspecified atom stereocenters. The van der Waals surface area contributed by atoms with E-state index in [9.17, 15) is 19.3 Å². The number of fused-ring (bicyclic) bond motifs is 1. The predicted octanol–water partition coefficient (Wildman–Crippen LogP) is 3.82. The second-order valence-electron chi connectivity index (χ2n) is 5.78. The average Bonchev–Trinajstić information content (AvgIpc) is 2.93. The lowest BCUT2D eigenvalue weighted by molar-refractivity contribution is 0.0173. The Bertz CT molecular complexity index is 856. The molecular weight excluding hydrogens is 296 g/mol. The SMILES string of the molecule is CC(F)(F)c1ccc(C#N)c(C2(C#N)CCc3ncccc32)c1. The molecular formula is C18H13F2N3. The van der Waals surface area contributed by atoms with Crippen molar-refractivity contribution >= 4 is 0 Å². The zero-order valence-electron chi connectivity index (χ0n) is 12.5. The minimum atomic E-state index is -3.03. The number of halogens is 2. The zero-order chi connectivity index (χ0) is 16.7. The minimum absolute atomic E-state index is 0.196. The topological polar surface area (TPSA) is 60.5 Å². The Balaban J connectivity index is 2.29. The number of nitriles is 2. The van der Waals surface area contributed by atoms with Gasteiger partial charge in [-0.05, 0) is 42.2 Å². The molecule has 5 heteroatoms. The Morgan fingerprint density at radius 2 is 2.00 bits per heavy atom. The van der Waals surface area contributed by atoms with Crippen LogP contribution in [0, 0.1) is 22.7 Å². The zero-order valence-corrected chi connectivity index (χ0v) is 12.5. The Morgan fingerprint density at radius 1 is 1.22 bits per heavy atom. The van der Waals surface area contributed by atoms with Crippen molar-refractivity contribution in [2.24, 2.45) is 0 Å². The van der Waals surface area contributed by atoms with Gasteiger partial charge in [-0.2, -0.15) is 10.5 Å². The number of benzene rings is 1. The number of hydrogen-bond acceptors (Lipinski definition) is 3. The number of aryl methyl sites for hydroxylation is 1. The monoisotopic (exact) mass is 309 g/mol. The molecule has 3 nitrogen and oxygen atoms in total. The van der Waals surface area contributed by atoms with Gasteiger partial charge < -0.3 is 0 Å². The van der Waals surface area contributed by atoms with Gasteiger partial charge in [0.1, 0.15) is 5.41 Å². The molecule has 1 heterocycles. The summed E-state index contributed by atoms with van der Waals surface area (Å²) in [5.41, 5.74) is 0.779. The molecule has 0 saturated heterocycles. The van der Waals surface area contributed by atoms with Gasteiger partial charge in [-0.1, -0.05) is 12.1 Å². The molecule has 2 aromatic rings. The summed E-state index contributed by atoms with van der Waals surface area (Å²) in [6, 6.07) is 11.7. The van der Waals surface area contributed by atoms with Crippen molar-refractivity contribution in [3.05, 3.63) is 64.5 Å². The molecule has 1 aromatic heterocycles. The second kappa shape index (κ2) is 5.14. The van der Waals surface area contributed by atoms with E-state index in [2.05, 4.69) is 11.1 Å². The third kappa shape index (κ3) is 2.26. The van der Waals surface area contributed by atoms with Gasteiger partial charge in [0.05, 0.1) is 17.7 Å². The van der Waals surface area contributed by atoms with Crippen LogP contribution in [0.2, 0.25) is 0 Å². The predicted molar refractivity (Wildman–Crippen MR) is 79.7 cm³/mol. The molecule has 1 atom stereocenters. The van der Waals surface area contributed by atoms with E-state index in [1.54, 1.807) is 18.3 Å². The van der Waals surface area contributed by atoms with Crippen LogP contribution in [-0.2, 0) is 17.8 Å². The average molecular weight is 309 g/mol. The van der Waals surface area contributed by atoms with E-state index in [-0.39, 0.29) is 11.1 Å². The van der Waals surface area contributed by atoms with Gasteiger partial charge in [0.15, 0.2) is 0 Å². The van der Waals surface area contributed by atoms with Crippen molar-refractivity contribution in [1.82, 2.24) is 4.98 Å². The highest BCUT2D eigenvalue weighted by molar-refractivity contribution is 5.57. The normalized spacial score (nSPS) is 19.7. The smallest absolute Gasteiger partial charge is 0.261 e. The summed E-state index contributed by atoms with van der Waals surface area (Å²) in [7, 11) is 0. The highest BCUT2D eigenvalue weighted by Crippen LogP contribution is 2.45. The number of nitrogens with zero attached hydrogens (tertiary/aromatic N) is 3. The molecule has 1 aromatic carbocycles. The summed E-state index contributed by atoms with van der Waals surface area (Å²) < 4.78 is 27.4. The van der Waals surface area contributed by atoms with Gasteiger partial charge in [0.25, 0.3) is 5.92 Å². The van der Waals surface area contributed by atoms with Crippen molar-refractivity contribution in [3.63, 3.8) is 0 Å². The lowest BCUT2D eigenvalue weighted by atomic mass is 9.74. The van der Waals surface area contributed by atoms with Crippen LogP contribution < -0.4 is 0 Å². The Labute approximate surface area is 132 Å². The molecule has 0 amide bonds. The Hall–Kier alpha value is -2.79. The van der Waals surface area contributed by atoms with Gasteiger partial charge in [-0.15, -0.1) is 0 Å². The third-order valence-corrected chi connectivity index (χ3v) is 4.38. The van der Waals surface area contributed by atoms with Gasteiger partial charge in [0, 0.05) is 24.4 Å². The molecule has 0 bridgehead atoms. The van der Waals surface area contributed by atoms with E-state index >= 15 is 0 Å². The van der Waals surface area contributed by atoms with Crippen LogP contribution in [0.1, 0.15) is 41.3 Å². The van der Waals surface area contributed by atoms with Crippen molar-refractivity contribution in [1.29, 1.82) is 10.5 Å². The highest BCUT2D eigenvalue weighted by atomic mass is 19.3. The lowest BCUT2D eigenvalue weighted by Gasteiger charge is -2.25. The van der Waals surface area contributed by atoms with Crippen LogP contribution in [0.4, 0.5) is 8.78 Å². The van der Waals surface area contributed by atoms with Crippen molar-refractivity contribution in [2.45, 2.75) is 31.1 Å². The van der Waals surface area contributed by atoms with Crippen LogP contribution in [0.3, 0.4) is 0 Å². The second-order valence-corrected chi connectivity index (χ2v) is 5.78. The van der Waals surface area contributed by atoms with Crippen LogP contribution >= 0.6 is 0 Å². The maximum Gasteiger partial charge on any atom is 0.270 e. The maximum atomic E-state index is 13.7. The largest absolute Gasteiger partial charge is 0.270 e. The molecule has 23 heavy (non-hydrogen) atoms. The van der Waals surface area contributed by atoms with Crippen LogP contribution in [0.25, 0.3) is 0 Å². The first-order chi connectivity index (χ1) is 10.9. The minimum Gasteiger partial charge on any atom is -0.261 e. The number of aromatic nitrogens is 1. The quantitative estimate of drug-likeness (QED) is 0.847. The van der Waals surface area contributed by atoms with Gasteiger partial charge >= 0.3 is 0 Å². The standard InChI is InChI=1S/C18H13F2N3/c1-17(19,20)13-5-4-12(10-21)15(9-13)18(11-22)7-6-16-14(18)3-2-8-23-16/h2-5,8-9H,6-7H2,1H3. The highest BCUT2D eigenvalue weighted by Gasteiger charge is 2.43. The fourth-order valence-corrected chi connectivity index (χ4v) is 3.19. The first-order valence-electron chi connectivity index (χ1n) is 7.21. The summed E-state index contributed by atoms with van der Waals surface area (Å²) in [4.78, 5) is 4.27. The van der Waals surface area contributed by atoms with Crippen molar-refractivity contribution < 1.29 is 8.78 Å². The summed E-state index contributed by atoms with van der Waals surface area (Å²) in [6.45, 7) is 0.807. The summed E-state index contributed by atoms with van der Waals surface area (Å²) in [5.74, 6) is -3.03.